The molecule has 1 aromatic carbocycles. The Balaban J connectivity index is 0.00000300. The zero-order valence-electron chi connectivity index (χ0n) is 17.2. The van der Waals surface area contributed by atoms with Gasteiger partial charge in [0.15, 0.2) is 0 Å². The average molecular weight is 425 g/mol. The van der Waals surface area contributed by atoms with E-state index in [1.807, 2.05) is 0 Å². The van der Waals surface area contributed by atoms with Gasteiger partial charge in [0, 0.05) is 5.69 Å². The normalized spacial score (nSPS) is 25.4. The van der Waals surface area contributed by atoms with E-state index >= 15 is 0 Å². The van der Waals surface area contributed by atoms with Crippen molar-refractivity contribution in [1.82, 2.24) is 10.2 Å². The number of nitrogens with two attached hydrogens (primary N) is 1. The number of carbonyl (C=O) groups excluding carboxylic acids is 3. The van der Waals surface area contributed by atoms with Gasteiger partial charge in [-0.15, -0.1) is 12.4 Å². The van der Waals surface area contributed by atoms with Gasteiger partial charge in [-0.25, -0.2) is 4.79 Å². The highest BCUT2D eigenvalue weighted by molar-refractivity contribution is 6.10. The topological polar surface area (TPSA) is 114 Å². The molecule has 2 unspecified atom stereocenters. The largest absolute Gasteiger partial charge is 0.495 e. The first kappa shape index (κ1) is 22.8. The molecule has 1 heterocycles. The number of halogens is 1. The van der Waals surface area contributed by atoms with E-state index < -0.39 is 17.5 Å². The van der Waals surface area contributed by atoms with Crippen LogP contribution in [0.15, 0.2) is 18.2 Å². The minimum atomic E-state index is -0.914. The van der Waals surface area contributed by atoms with E-state index in [1.54, 1.807) is 18.2 Å². The van der Waals surface area contributed by atoms with Crippen molar-refractivity contribution in [3.63, 3.8) is 0 Å². The van der Waals surface area contributed by atoms with Crippen LogP contribution in [0.2, 0.25) is 0 Å². The van der Waals surface area contributed by atoms with Crippen molar-refractivity contribution in [2.24, 2.45) is 11.3 Å². The number of benzene rings is 1. The molecule has 3 rings (SSSR count). The number of hydrogen-bond donors (Lipinski definition) is 3. The summed E-state index contributed by atoms with van der Waals surface area (Å²) in [6.45, 7) is 5.96. The average Bonchev–Trinajstić information content (AvgIpc) is 2.76. The smallest absolute Gasteiger partial charge is 0.325 e. The molecule has 9 heteroatoms. The highest BCUT2D eigenvalue weighted by atomic mass is 35.5. The monoisotopic (exact) mass is 424 g/mol. The highest BCUT2D eigenvalue weighted by Gasteiger charge is 2.56. The van der Waals surface area contributed by atoms with Gasteiger partial charge in [0.25, 0.3) is 5.91 Å². The second kappa shape index (κ2) is 8.10. The van der Waals surface area contributed by atoms with Crippen LogP contribution >= 0.6 is 12.4 Å². The third-order valence-corrected chi connectivity index (χ3v) is 5.44. The Hall–Kier alpha value is -2.48. The lowest BCUT2D eigenvalue weighted by Crippen LogP contribution is -2.54. The molecule has 160 valence electrons. The molecule has 4 amide bonds. The second-order valence-electron chi connectivity index (χ2n) is 8.76. The fourth-order valence-corrected chi connectivity index (χ4v) is 4.81. The predicted octanol–water partition coefficient (Wildman–Crippen LogP) is 2.77. The van der Waals surface area contributed by atoms with Crippen LogP contribution in [0.25, 0.3) is 0 Å². The van der Waals surface area contributed by atoms with E-state index in [2.05, 4.69) is 31.4 Å². The van der Waals surface area contributed by atoms with Gasteiger partial charge in [0.2, 0.25) is 5.91 Å². The summed E-state index contributed by atoms with van der Waals surface area (Å²) in [5.74, 6) is 0.0295. The van der Waals surface area contributed by atoms with E-state index in [1.165, 1.54) is 7.11 Å². The molecule has 2 fully saturated rings. The Morgan fingerprint density at radius 1 is 1.34 bits per heavy atom. The number of rotatable bonds is 4. The van der Waals surface area contributed by atoms with E-state index in [0.29, 0.717) is 35.9 Å². The molecule has 0 radical (unpaired) electrons. The molecule has 2 aliphatic rings. The number of methoxy groups -OCH3 is 1. The fraction of sp³-hybridized carbons (Fsp3) is 0.550. The number of urea groups is 1. The minimum absolute atomic E-state index is 0. The van der Waals surface area contributed by atoms with Crippen molar-refractivity contribution in [2.45, 2.75) is 45.6 Å². The van der Waals surface area contributed by atoms with Crippen LogP contribution in [0.3, 0.4) is 0 Å². The standard InChI is InChI=1S/C20H28N4O4.ClH/c1-12-8-19(2,3)11-20(9-12)17(26)24(18(27)23-20)10-16(25)22-13-5-6-15(28-4)14(21)7-13;/h5-7,12H,8-11,21H2,1-4H3,(H,22,25)(H,23,27);1H. The lowest BCUT2D eigenvalue weighted by molar-refractivity contribution is -0.136. The molecular formula is C20H29ClN4O4. The second-order valence-corrected chi connectivity index (χ2v) is 8.76. The third kappa shape index (κ3) is 4.58. The minimum Gasteiger partial charge on any atom is -0.495 e. The van der Waals surface area contributed by atoms with Crippen molar-refractivity contribution in [3.05, 3.63) is 18.2 Å². The molecule has 2 atom stereocenters. The Morgan fingerprint density at radius 2 is 2.03 bits per heavy atom. The number of nitrogens with one attached hydrogen (secondary N) is 2. The van der Waals surface area contributed by atoms with Crippen LogP contribution in [0.5, 0.6) is 5.75 Å². The maximum absolute atomic E-state index is 13.1. The summed E-state index contributed by atoms with van der Waals surface area (Å²) >= 11 is 0. The SMILES string of the molecule is COc1ccc(NC(=O)CN2C(=O)NC3(CC(C)CC(C)(C)C3)C2=O)cc1N.Cl. The first-order chi connectivity index (χ1) is 13.0. The molecule has 4 N–H and O–H groups in total. The Bertz CT molecular complexity index is 829. The summed E-state index contributed by atoms with van der Waals surface area (Å²) in [5.41, 5.74) is 5.72. The predicted molar refractivity (Wildman–Crippen MR) is 113 cm³/mol. The van der Waals surface area contributed by atoms with Crippen LogP contribution in [-0.2, 0) is 9.59 Å². The molecule has 0 bridgehead atoms. The number of ether oxygens (including phenoxy) is 1. The molecule has 1 aromatic rings. The number of amides is 4. The van der Waals surface area contributed by atoms with Crippen LogP contribution in [-0.4, -0.2) is 41.9 Å². The van der Waals surface area contributed by atoms with Crippen LogP contribution in [0.4, 0.5) is 16.2 Å². The summed E-state index contributed by atoms with van der Waals surface area (Å²) in [6.07, 6.45) is 2.16. The Kier molecular flexibility index (Phi) is 6.37. The van der Waals surface area contributed by atoms with Crippen LogP contribution < -0.4 is 21.1 Å². The summed E-state index contributed by atoms with van der Waals surface area (Å²) in [6, 6.07) is 4.33. The van der Waals surface area contributed by atoms with Gasteiger partial charge in [-0.1, -0.05) is 20.8 Å². The lowest BCUT2D eigenvalue weighted by atomic mass is 9.64. The molecule has 1 spiro atoms. The maximum Gasteiger partial charge on any atom is 0.325 e. The van der Waals surface area contributed by atoms with Crippen molar-refractivity contribution in [2.75, 3.05) is 24.7 Å². The zero-order chi connectivity index (χ0) is 20.7. The highest BCUT2D eigenvalue weighted by Crippen LogP contribution is 2.46. The van der Waals surface area contributed by atoms with Gasteiger partial charge in [-0.3, -0.25) is 14.5 Å². The maximum atomic E-state index is 13.1. The van der Waals surface area contributed by atoms with E-state index in [9.17, 15) is 14.4 Å². The lowest BCUT2D eigenvalue weighted by Gasteiger charge is -2.43. The molecule has 1 saturated carbocycles. The fourth-order valence-electron chi connectivity index (χ4n) is 4.81. The number of anilines is 2. The van der Waals surface area contributed by atoms with Gasteiger partial charge in [-0.05, 0) is 48.8 Å². The first-order valence-electron chi connectivity index (χ1n) is 9.43. The first-order valence-corrected chi connectivity index (χ1v) is 9.43. The Labute approximate surface area is 176 Å². The number of nitrogens with zero attached hydrogens (tertiary/aromatic N) is 1. The van der Waals surface area contributed by atoms with Gasteiger partial charge in [0.1, 0.15) is 17.8 Å². The van der Waals surface area contributed by atoms with Gasteiger partial charge in [0.05, 0.1) is 12.8 Å². The van der Waals surface area contributed by atoms with Crippen LogP contribution in [0.1, 0.15) is 40.0 Å². The summed E-state index contributed by atoms with van der Waals surface area (Å²) in [4.78, 5) is 39.0. The summed E-state index contributed by atoms with van der Waals surface area (Å²) in [5, 5.41) is 5.54. The van der Waals surface area contributed by atoms with Crippen molar-refractivity contribution in [3.8, 4) is 5.75 Å². The number of nitrogen functional groups attached to an aromatic ring is 1. The quantitative estimate of drug-likeness (QED) is 0.508. The third-order valence-electron chi connectivity index (χ3n) is 5.44. The van der Waals surface area contributed by atoms with E-state index in [-0.39, 0.29) is 30.3 Å². The van der Waals surface area contributed by atoms with E-state index in [4.69, 9.17) is 10.5 Å². The zero-order valence-corrected chi connectivity index (χ0v) is 18.0. The summed E-state index contributed by atoms with van der Waals surface area (Å²) in [7, 11) is 1.50. The van der Waals surface area contributed by atoms with Gasteiger partial charge < -0.3 is 21.1 Å². The van der Waals surface area contributed by atoms with Crippen LogP contribution in [0, 0.1) is 11.3 Å². The molecule has 1 saturated heterocycles. The number of carbonyl (C=O) groups is 3. The number of hydrogen-bond acceptors (Lipinski definition) is 5. The van der Waals surface area contributed by atoms with Crippen molar-refractivity contribution < 1.29 is 19.1 Å². The van der Waals surface area contributed by atoms with E-state index in [0.717, 1.165) is 11.3 Å². The molecule has 1 aliphatic heterocycles. The number of imide groups is 1. The van der Waals surface area contributed by atoms with Crippen molar-refractivity contribution in [1.29, 1.82) is 0 Å². The summed E-state index contributed by atoms with van der Waals surface area (Å²) < 4.78 is 5.09. The molecular weight excluding hydrogens is 396 g/mol. The van der Waals surface area contributed by atoms with Gasteiger partial charge >= 0.3 is 6.03 Å². The van der Waals surface area contributed by atoms with Gasteiger partial charge in [-0.2, -0.15) is 0 Å². The Morgan fingerprint density at radius 3 is 2.62 bits per heavy atom. The molecule has 8 nitrogen and oxygen atoms in total. The van der Waals surface area contributed by atoms with Crippen molar-refractivity contribution >= 4 is 41.6 Å². The molecule has 0 aromatic heterocycles. The molecule has 29 heavy (non-hydrogen) atoms. The molecule has 1 aliphatic carbocycles.